The van der Waals surface area contributed by atoms with Crippen molar-refractivity contribution < 1.29 is 9.21 Å². The van der Waals surface area contributed by atoms with Crippen LogP contribution in [-0.2, 0) is 0 Å². The summed E-state index contributed by atoms with van der Waals surface area (Å²) < 4.78 is 5.00. The number of nitrogen functional groups attached to an aromatic ring is 1. The first-order valence-electron chi connectivity index (χ1n) is 6.67. The van der Waals surface area contributed by atoms with Crippen LogP contribution in [0.15, 0.2) is 69.4 Å². The number of hydrogen-bond acceptors (Lipinski definition) is 7. The molecule has 7 nitrogen and oxygen atoms in total. The molecule has 3 aromatic rings. The van der Waals surface area contributed by atoms with Crippen LogP contribution in [0.25, 0.3) is 0 Å². The van der Waals surface area contributed by atoms with Gasteiger partial charge in [0.1, 0.15) is 17.0 Å². The van der Waals surface area contributed by atoms with Crippen LogP contribution in [-0.4, -0.2) is 15.9 Å². The largest absolute Gasteiger partial charge is 0.459 e. The molecular formula is C15H13N5O2S. The number of rotatable bonds is 5. The van der Waals surface area contributed by atoms with Crippen LogP contribution in [0.2, 0.25) is 0 Å². The highest BCUT2D eigenvalue weighted by molar-refractivity contribution is 7.99. The van der Waals surface area contributed by atoms with E-state index in [1.54, 1.807) is 12.1 Å². The molecule has 2 aromatic heterocycles. The lowest BCUT2D eigenvalue weighted by Gasteiger charge is -2.11. The predicted molar refractivity (Wildman–Crippen MR) is 86.8 cm³/mol. The first kappa shape index (κ1) is 14.9. The molecule has 0 aliphatic rings. The Morgan fingerprint density at radius 3 is 2.70 bits per heavy atom. The molecule has 0 spiro atoms. The Bertz CT molecular complexity index is 793. The van der Waals surface area contributed by atoms with Crippen LogP contribution in [0.3, 0.4) is 0 Å². The molecule has 3 rings (SSSR count). The van der Waals surface area contributed by atoms with Crippen molar-refractivity contribution in [1.29, 1.82) is 0 Å². The lowest BCUT2D eigenvalue weighted by Crippen LogP contribution is -2.30. The molecule has 2 heterocycles. The summed E-state index contributed by atoms with van der Waals surface area (Å²) in [5.74, 6) is 0.0765. The smallest absolute Gasteiger partial charge is 0.305 e. The van der Waals surface area contributed by atoms with E-state index in [9.17, 15) is 4.79 Å². The maximum Gasteiger partial charge on any atom is 0.305 e. The number of anilines is 2. The Morgan fingerprint density at radius 2 is 1.96 bits per heavy atom. The SMILES string of the molecule is Nc1c(NNC(=O)c2ccco2)ncnc1Sc1ccccc1. The third kappa shape index (κ3) is 3.61. The van der Waals surface area contributed by atoms with Gasteiger partial charge in [-0.2, -0.15) is 0 Å². The molecular weight excluding hydrogens is 314 g/mol. The molecule has 1 amide bonds. The van der Waals surface area contributed by atoms with E-state index >= 15 is 0 Å². The number of benzene rings is 1. The number of carbonyl (C=O) groups is 1. The van der Waals surface area contributed by atoms with E-state index in [0.29, 0.717) is 16.5 Å². The van der Waals surface area contributed by atoms with Crippen LogP contribution in [0, 0.1) is 0 Å². The maximum atomic E-state index is 11.8. The Balaban J connectivity index is 1.71. The number of nitrogens with zero attached hydrogens (tertiary/aromatic N) is 2. The van der Waals surface area contributed by atoms with E-state index in [1.807, 2.05) is 30.3 Å². The quantitative estimate of drug-likeness (QED) is 0.488. The van der Waals surface area contributed by atoms with E-state index in [2.05, 4.69) is 20.8 Å². The third-order valence-electron chi connectivity index (χ3n) is 2.84. The summed E-state index contributed by atoms with van der Waals surface area (Å²) in [4.78, 5) is 21.0. The van der Waals surface area contributed by atoms with Gasteiger partial charge < -0.3 is 10.2 Å². The molecule has 0 aliphatic carbocycles. The van der Waals surface area contributed by atoms with Crippen molar-refractivity contribution in [3.63, 3.8) is 0 Å². The van der Waals surface area contributed by atoms with Crippen LogP contribution in [0.4, 0.5) is 11.5 Å². The Kier molecular flexibility index (Phi) is 4.44. The molecule has 0 saturated heterocycles. The van der Waals surface area contributed by atoms with Gasteiger partial charge in [-0.05, 0) is 24.3 Å². The maximum absolute atomic E-state index is 11.8. The summed E-state index contributed by atoms with van der Waals surface area (Å²) >= 11 is 1.41. The monoisotopic (exact) mass is 327 g/mol. The minimum atomic E-state index is -0.426. The van der Waals surface area contributed by atoms with Crippen LogP contribution >= 0.6 is 11.8 Å². The van der Waals surface area contributed by atoms with Gasteiger partial charge in [-0.25, -0.2) is 9.97 Å². The topological polar surface area (TPSA) is 106 Å². The average Bonchev–Trinajstić information content (AvgIpc) is 3.11. The number of amides is 1. The molecule has 1 aromatic carbocycles. The summed E-state index contributed by atoms with van der Waals surface area (Å²) in [5, 5.41) is 0.598. The molecule has 8 heteroatoms. The van der Waals surface area contributed by atoms with E-state index in [0.717, 1.165) is 4.90 Å². The van der Waals surface area contributed by atoms with Crippen molar-refractivity contribution in [1.82, 2.24) is 15.4 Å². The third-order valence-corrected chi connectivity index (χ3v) is 3.87. The number of nitrogens with two attached hydrogens (primary N) is 1. The zero-order chi connectivity index (χ0) is 16.1. The molecule has 0 aliphatic heterocycles. The van der Waals surface area contributed by atoms with Crippen LogP contribution < -0.4 is 16.6 Å². The predicted octanol–water partition coefficient (Wildman–Crippen LogP) is 2.56. The summed E-state index contributed by atoms with van der Waals surface area (Å²) in [6, 6.07) is 12.9. The second-order valence-corrected chi connectivity index (χ2v) is 5.47. The van der Waals surface area contributed by atoms with Gasteiger partial charge in [-0.15, -0.1) is 0 Å². The fourth-order valence-electron chi connectivity index (χ4n) is 1.75. The highest BCUT2D eigenvalue weighted by atomic mass is 32.2. The molecule has 0 radical (unpaired) electrons. The van der Waals surface area contributed by atoms with Crippen molar-refractivity contribution >= 4 is 29.2 Å². The number of furan rings is 1. The molecule has 0 bridgehead atoms. The van der Waals surface area contributed by atoms with E-state index in [1.165, 1.54) is 24.4 Å². The van der Waals surface area contributed by atoms with Gasteiger partial charge >= 0.3 is 5.91 Å². The second kappa shape index (κ2) is 6.84. The molecule has 0 unspecified atom stereocenters. The van der Waals surface area contributed by atoms with Gasteiger partial charge in [0.15, 0.2) is 11.6 Å². The number of carbonyl (C=O) groups excluding carboxylic acids is 1. The highest BCUT2D eigenvalue weighted by Crippen LogP contribution is 2.32. The lowest BCUT2D eigenvalue weighted by atomic mass is 10.4. The highest BCUT2D eigenvalue weighted by Gasteiger charge is 2.12. The van der Waals surface area contributed by atoms with Crippen molar-refractivity contribution in [2.45, 2.75) is 9.92 Å². The van der Waals surface area contributed by atoms with Gasteiger partial charge in [0, 0.05) is 4.90 Å². The lowest BCUT2D eigenvalue weighted by molar-refractivity contribution is 0.0935. The number of nitrogens with one attached hydrogen (secondary N) is 2. The fraction of sp³-hybridized carbons (Fsp3) is 0. The Morgan fingerprint density at radius 1 is 1.13 bits per heavy atom. The van der Waals surface area contributed by atoms with Crippen molar-refractivity contribution in [3.8, 4) is 0 Å². The van der Waals surface area contributed by atoms with Gasteiger partial charge in [-0.3, -0.25) is 15.6 Å². The molecule has 23 heavy (non-hydrogen) atoms. The van der Waals surface area contributed by atoms with Gasteiger partial charge in [0.05, 0.1) is 6.26 Å². The Labute approximate surface area is 136 Å². The van der Waals surface area contributed by atoms with Crippen molar-refractivity contribution in [3.05, 3.63) is 60.8 Å². The summed E-state index contributed by atoms with van der Waals surface area (Å²) in [7, 11) is 0. The second-order valence-electron chi connectivity index (χ2n) is 4.41. The number of hydrogen-bond donors (Lipinski definition) is 3. The van der Waals surface area contributed by atoms with Crippen molar-refractivity contribution in [2.75, 3.05) is 11.2 Å². The van der Waals surface area contributed by atoms with E-state index in [4.69, 9.17) is 10.2 Å². The van der Waals surface area contributed by atoms with Crippen molar-refractivity contribution in [2.24, 2.45) is 0 Å². The summed E-state index contributed by atoms with van der Waals surface area (Å²) in [5.41, 5.74) is 11.6. The fourth-order valence-corrected chi connectivity index (χ4v) is 2.57. The molecule has 0 saturated carbocycles. The molecule has 116 valence electrons. The van der Waals surface area contributed by atoms with Crippen LogP contribution in [0.5, 0.6) is 0 Å². The zero-order valence-electron chi connectivity index (χ0n) is 11.9. The normalized spacial score (nSPS) is 10.3. The molecule has 0 fully saturated rings. The van der Waals surface area contributed by atoms with E-state index in [-0.39, 0.29) is 5.76 Å². The van der Waals surface area contributed by atoms with Gasteiger partial charge in [-0.1, -0.05) is 30.0 Å². The average molecular weight is 327 g/mol. The minimum absolute atomic E-state index is 0.184. The zero-order valence-corrected chi connectivity index (χ0v) is 12.7. The first-order chi connectivity index (χ1) is 11.2. The number of hydrazine groups is 1. The molecule has 0 atom stereocenters. The summed E-state index contributed by atoms with van der Waals surface area (Å²) in [6.45, 7) is 0. The first-order valence-corrected chi connectivity index (χ1v) is 7.49. The molecule has 4 N–H and O–H groups in total. The van der Waals surface area contributed by atoms with Gasteiger partial charge in [0.2, 0.25) is 0 Å². The van der Waals surface area contributed by atoms with Crippen LogP contribution in [0.1, 0.15) is 10.6 Å². The summed E-state index contributed by atoms with van der Waals surface area (Å²) in [6.07, 6.45) is 2.80. The van der Waals surface area contributed by atoms with Gasteiger partial charge in [0.25, 0.3) is 0 Å². The minimum Gasteiger partial charge on any atom is -0.459 e. The number of aromatic nitrogens is 2. The van der Waals surface area contributed by atoms with E-state index < -0.39 is 5.91 Å². The Hall–Kier alpha value is -3.00. The standard InChI is InChI=1S/C15H13N5O2S/c16-12-13(19-20-14(21)11-7-4-8-22-11)17-9-18-15(12)23-10-5-2-1-3-6-10/h1-9H,16H2,(H,20,21)(H,17,18,19).